The maximum atomic E-state index is 4.47. The molecule has 0 aliphatic rings. The maximum absolute atomic E-state index is 4.47. The highest BCUT2D eigenvalue weighted by atomic mass is 32.2. The minimum atomic E-state index is 0.648. The summed E-state index contributed by atoms with van der Waals surface area (Å²) in [6.07, 6.45) is 4.37. The number of rotatable bonds is 6. The number of nitrogens with zero attached hydrogens (tertiary/aromatic N) is 8. The van der Waals surface area contributed by atoms with Crippen LogP contribution in [-0.2, 0) is 12.3 Å². The molecule has 1 aromatic carbocycles. The van der Waals surface area contributed by atoms with Crippen LogP contribution < -0.4 is 0 Å². The third-order valence-electron chi connectivity index (χ3n) is 3.71. The van der Waals surface area contributed by atoms with Crippen molar-refractivity contribution in [3.63, 3.8) is 0 Å². The van der Waals surface area contributed by atoms with Gasteiger partial charge in [-0.3, -0.25) is 0 Å². The van der Waals surface area contributed by atoms with Crippen molar-refractivity contribution in [1.29, 1.82) is 0 Å². The predicted octanol–water partition coefficient (Wildman–Crippen LogP) is 2.50. The Labute approximate surface area is 148 Å². The number of tetrazole rings is 1. The van der Waals surface area contributed by atoms with Gasteiger partial charge in [-0.15, -0.1) is 5.10 Å². The van der Waals surface area contributed by atoms with Crippen LogP contribution in [0.3, 0.4) is 0 Å². The van der Waals surface area contributed by atoms with Crippen LogP contribution in [0.15, 0.2) is 47.9 Å². The zero-order valence-corrected chi connectivity index (χ0v) is 14.5. The van der Waals surface area contributed by atoms with E-state index >= 15 is 0 Å². The van der Waals surface area contributed by atoms with E-state index in [0.717, 1.165) is 40.5 Å². The van der Waals surface area contributed by atoms with E-state index in [2.05, 4.69) is 37.5 Å². The topological polar surface area (TPSA) is 87.2 Å². The molecule has 0 aliphatic carbocycles. The van der Waals surface area contributed by atoms with E-state index in [0.29, 0.717) is 5.75 Å². The SMILES string of the molecule is CCCn1nnnc1CSc1ncnc2c1cnn2-c1ccccc1. The molecule has 8 nitrogen and oxygen atoms in total. The summed E-state index contributed by atoms with van der Waals surface area (Å²) in [7, 11) is 0. The third-order valence-corrected chi connectivity index (χ3v) is 4.71. The molecule has 0 aliphatic heterocycles. The van der Waals surface area contributed by atoms with Crippen molar-refractivity contribution in [3.05, 3.63) is 48.7 Å². The smallest absolute Gasteiger partial charge is 0.167 e. The van der Waals surface area contributed by atoms with Crippen LogP contribution in [0.25, 0.3) is 16.7 Å². The second-order valence-corrected chi connectivity index (χ2v) is 6.38. The standard InChI is InChI=1S/C16H16N8S/c1-2-8-23-14(20-21-22-23)10-25-16-13-9-19-24(15(13)17-11-18-16)12-6-4-3-5-7-12/h3-7,9,11H,2,8,10H2,1H3. The summed E-state index contributed by atoms with van der Waals surface area (Å²) in [5.41, 5.74) is 1.76. The van der Waals surface area contributed by atoms with Crippen LogP contribution in [-0.4, -0.2) is 40.0 Å². The van der Waals surface area contributed by atoms with Gasteiger partial charge in [0.15, 0.2) is 11.5 Å². The summed E-state index contributed by atoms with van der Waals surface area (Å²) < 4.78 is 3.65. The first-order chi connectivity index (χ1) is 12.4. The first-order valence-corrected chi connectivity index (χ1v) is 8.97. The molecule has 4 rings (SSSR count). The highest BCUT2D eigenvalue weighted by Crippen LogP contribution is 2.27. The van der Waals surface area contributed by atoms with E-state index in [1.807, 2.05) is 39.7 Å². The summed E-state index contributed by atoms with van der Waals surface area (Å²) in [6.45, 7) is 2.92. The lowest BCUT2D eigenvalue weighted by Crippen LogP contribution is -2.04. The molecular weight excluding hydrogens is 336 g/mol. The Balaban J connectivity index is 1.63. The molecule has 0 saturated carbocycles. The number of hydrogen-bond acceptors (Lipinski definition) is 7. The molecule has 0 saturated heterocycles. The molecule has 0 atom stereocenters. The van der Waals surface area contributed by atoms with E-state index in [9.17, 15) is 0 Å². The van der Waals surface area contributed by atoms with Gasteiger partial charge in [-0.1, -0.05) is 36.9 Å². The lowest BCUT2D eigenvalue weighted by Gasteiger charge is -2.04. The molecule has 3 heterocycles. The number of aryl methyl sites for hydroxylation is 1. The van der Waals surface area contributed by atoms with E-state index < -0.39 is 0 Å². The van der Waals surface area contributed by atoms with Crippen LogP contribution in [0.2, 0.25) is 0 Å². The van der Waals surface area contributed by atoms with Gasteiger partial charge in [-0.2, -0.15) is 5.10 Å². The van der Waals surface area contributed by atoms with Crippen LogP contribution in [0.4, 0.5) is 0 Å². The molecule has 0 amide bonds. The molecule has 9 heteroatoms. The minimum absolute atomic E-state index is 0.648. The normalized spacial score (nSPS) is 11.2. The van der Waals surface area contributed by atoms with Crippen LogP contribution in [0, 0.1) is 0 Å². The zero-order chi connectivity index (χ0) is 17.1. The van der Waals surface area contributed by atoms with Crippen LogP contribution in [0.5, 0.6) is 0 Å². The molecule has 126 valence electrons. The van der Waals surface area contributed by atoms with Crippen LogP contribution in [0.1, 0.15) is 19.2 Å². The molecule has 0 unspecified atom stereocenters. The second kappa shape index (κ2) is 6.98. The quantitative estimate of drug-likeness (QED) is 0.389. The van der Waals surface area contributed by atoms with Gasteiger partial charge in [0.1, 0.15) is 11.4 Å². The Bertz CT molecular complexity index is 978. The van der Waals surface area contributed by atoms with Crippen molar-refractivity contribution in [2.24, 2.45) is 0 Å². The largest absolute Gasteiger partial charge is 0.229 e. The molecule has 0 bridgehead atoms. The molecule has 3 aromatic heterocycles. The van der Waals surface area contributed by atoms with Gasteiger partial charge in [0.2, 0.25) is 0 Å². The number of hydrogen-bond donors (Lipinski definition) is 0. The van der Waals surface area contributed by atoms with E-state index in [1.165, 1.54) is 0 Å². The van der Waals surface area contributed by atoms with E-state index in [1.54, 1.807) is 24.3 Å². The van der Waals surface area contributed by atoms with Crippen molar-refractivity contribution in [3.8, 4) is 5.69 Å². The average Bonchev–Trinajstić information content (AvgIpc) is 3.28. The third kappa shape index (κ3) is 3.10. The van der Waals surface area contributed by atoms with Gasteiger partial charge >= 0.3 is 0 Å². The van der Waals surface area contributed by atoms with Gasteiger partial charge in [-0.25, -0.2) is 19.3 Å². The Morgan fingerprint density at radius 2 is 2.00 bits per heavy atom. The van der Waals surface area contributed by atoms with Gasteiger partial charge in [0, 0.05) is 6.54 Å². The van der Waals surface area contributed by atoms with Crippen molar-refractivity contribution in [2.75, 3.05) is 0 Å². The number of benzene rings is 1. The van der Waals surface area contributed by atoms with Crippen LogP contribution >= 0.6 is 11.8 Å². The fourth-order valence-corrected chi connectivity index (χ4v) is 3.43. The number of thioether (sulfide) groups is 1. The zero-order valence-electron chi connectivity index (χ0n) is 13.6. The summed E-state index contributed by atoms with van der Waals surface area (Å²) in [6, 6.07) is 9.94. The highest BCUT2D eigenvalue weighted by Gasteiger charge is 2.13. The van der Waals surface area contributed by atoms with E-state index in [4.69, 9.17) is 0 Å². The predicted molar refractivity (Wildman–Crippen MR) is 94.3 cm³/mol. The fraction of sp³-hybridized carbons (Fsp3) is 0.250. The summed E-state index contributed by atoms with van der Waals surface area (Å²) in [5, 5.41) is 18.1. The molecular formula is C16H16N8S. The molecule has 25 heavy (non-hydrogen) atoms. The average molecular weight is 352 g/mol. The number of fused-ring (bicyclic) bond motifs is 1. The maximum Gasteiger partial charge on any atom is 0.167 e. The molecule has 4 aromatic rings. The van der Waals surface area contributed by atoms with Gasteiger partial charge in [0.05, 0.1) is 23.0 Å². The number of para-hydroxylation sites is 1. The Morgan fingerprint density at radius 1 is 1.12 bits per heavy atom. The first-order valence-electron chi connectivity index (χ1n) is 7.99. The highest BCUT2D eigenvalue weighted by molar-refractivity contribution is 7.98. The summed E-state index contributed by atoms with van der Waals surface area (Å²) in [5.74, 6) is 1.49. The Morgan fingerprint density at radius 3 is 2.84 bits per heavy atom. The number of aromatic nitrogens is 8. The van der Waals surface area contributed by atoms with Gasteiger partial charge in [0.25, 0.3) is 0 Å². The Hall–Kier alpha value is -2.81. The second-order valence-electron chi connectivity index (χ2n) is 5.41. The lowest BCUT2D eigenvalue weighted by atomic mass is 10.3. The van der Waals surface area contributed by atoms with Crippen molar-refractivity contribution >= 4 is 22.8 Å². The monoisotopic (exact) mass is 352 g/mol. The van der Waals surface area contributed by atoms with Crippen molar-refractivity contribution in [1.82, 2.24) is 40.0 Å². The first kappa shape index (κ1) is 15.7. The molecule has 0 fully saturated rings. The minimum Gasteiger partial charge on any atom is -0.229 e. The summed E-state index contributed by atoms with van der Waals surface area (Å²) >= 11 is 1.59. The van der Waals surface area contributed by atoms with E-state index in [-0.39, 0.29) is 0 Å². The molecule has 0 spiro atoms. The lowest BCUT2D eigenvalue weighted by molar-refractivity contribution is 0.564. The molecule has 0 radical (unpaired) electrons. The Kier molecular flexibility index (Phi) is 4.38. The molecule has 0 N–H and O–H groups in total. The van der Waals surface area contributed by atoms with Crippen molar-refractivity contribution in [2.45, 2.75) is 30.7 Å². The van der Waals surface area contributed by atoms with Gasteiger partial charge in [-0.05, 0) is 29.0 Å². The van der Waals surface area contributed by atoms with Gasteiger partial charge < -0.3 is 0 Å². The fourth-order valence-electron chi connectivity index (χ4n) is 2.54. The van der Waals surface area contributed by atoms with Crippen molar-refractivity contribution < 1.29 is 0 Å². The summed E-state index contributed by atoms with van der Waals surface area (Å²) in [4.78, 5) is 8.81.